The number of para-hydroxylation sites is 1. The van der Waals surface area contributed by atoms with Crippen molar-refractivity contribution in [3.8, 4) is 0 Å². The van der Waals surface area contributed by atoms with E-state index >= 15 is 0 Å². The molecule has 0 saturated carbocycles. The third-order valence-electron chi connectivity index (χ3n) is 3.67. The number of anilines is 1. The van der Waals surface area contributed by atoms with Crippen molar-refractivity contribution in [3.63, 3.8) is 0 Å². The van der Waals surface area contributed by atoms with Crippen LogP contribution in [0, 0.1) is 0 Å². The first-order valence-corrected chi connectivity index (χ1v) is 9.51. The molecular weight excluding hydrogens is 350 g/mol. The van der Waals surface area contributed by atoms with E-state index in [1.165, 1.54) is 16.2 Å². The number of fused-ring (bicyclic) bond motifs is 1. The van der Waals surface area contributed by atoms with Crippen LogP contribution in [0.25, 0.3) is 4.96 Å². The van der Waals surface area contributed by atoms with Gasteiger partial charge in [-0.3, -0.25) is 9.20 Å². The van der Waals surface area contributed by atoms with Crippen molar-refractivity contribution in [2.24, 2.45) is 0 Å². The molecule has 2 aromatic heterocycles. The van der Waals surface area contributed by atoms with Gasteiger partial charge in [-0.25, -0.2) is 4.98 Å². The predicted molar refractivity (Wildman–Crippen MR) is 104 cm³/mol. The molecule has 4 rings (SSSR count). The summed E-state index contributed by atoms with van der Waals surface area (Å²) in [5, 5.41) is 5.27. The van der Waals surface area contributed by atoms with Gasteiger partial charge in [0.15, 0.2) is 4.96 Å². The Labute approximate surface area is 153 Å². The van der Waals surface area contributed by atoms with Gasteiger partial charge < -0.3 is 5.32 Å². The smallest absolute Gasteiger partial charge is 0.258 e. The van der Waals surface area contributed by atoms with Crippen molar-refractivity contribution in [2.45, 2.75) is 16.3 Å². The molecule has 0 amide bonds. The van der Waals surface area contributed by atoms with Crippen molar-refractivity contribution in [3.05, 3.63) is 88.3 Å². The summed E-state index contributed by atoms with van der Waals surface area (Å²) in [5.41, 5.74) is 1.73. The van der Waals surface area contributed by atoms with Gasteiger partial charge in [-0.1, -0.05) is 42.1 Å². The van der Waals surface area contributed by atoms with Crippen LogP contribution < -0.4 is 10.9 Å². The monoisotopic (exact) mass is 365 g/mol. The third kappa shape index (κ3) is 3.60. The van der Waals surface area contributed by atoms with Gasteiger partial charge in [0.25, 0.3) is 5.56 Å². The zero-order chi connectivity index (χ0) is 17.1. The van der Waals surface area contributed by atoms with Gasteiger partial charge >= 0.3 is 0 Å². The fraction of sp³-hybridized carbons (Fsp3) is 0.0526. The average Bonchev–Trinajstić information content (AvgIpc) is 3.11. The Morgan fingerprint density at radius 2 is 1.88 bits per heavy atom. The molecule has 0 bridgehead atoms. The molecule has 2 aromatic carbocycles. The molecule has 0 atom stereocenters. The van der Waals surface area contributed by atoms with Gasteiger partial charge in [-0.2, -0.15) is 0 Å². The van der Waals surface area contributed by atoms with E-state index in [2.05, 4.69) is 28.5 Å². The maximum Gasteiger partial charge on any atom is 0.258 e. The van der Waals surface area contributed by atoms with Gasteiger partial charge in [0, 0.05) is 33.1 Å². The summed E-state index contributed by atoms with van der Waals surface area (Å²) in [6.45, 7) is 0.510. The lowest BCUT2D eigenvalue weighted by Crippen LogP contribution is -2.14. The molecule has 124 valence electrons. The number of aromatic nitrogens is 2. The highest BCUT2D eigenvalue weighted by Crippen LogP contribution is 2.33. The van der Waals surface area contributed by atoms with Crippen LogP contribution in [0.1, 0.15) is 5.69 Å². The number of hydrogen-bond donors (Lipinski definition) is 1. The van der Waals surface area contributed by atoms with Crippen LogP contribution in [0.2, 0.25) is 0 Å². The van der Waals surface area contributed by atoms with Crippen molar-refractivity contribution in [1.82, 2.24) is 9.38 Å². The largest absolute Gasteiger partial charge is 0.378 e. The van der Waals surface area contributed by atoms with E-state index in [0.717, 1.165) is 21.2 Å². The SMILES string of the molecule is O=c1cc(CNc2ccccc2Sc2ccccc2)nc2sccn12. The van der Waals surface area contributed by atoms with Gasteiger partial charge in [-0.15, -0.1) is 11.3 Å². The molecule has 4 nitrogen and oxygen atoms in total. The highest BCUT2D eigenvalue weighted by atomic mass is 32.2. The van der Waals surface area contributed by atoms with Gasteiger partial charge in [-0.05, 0) is 24.3 Å². The summed E-state index contributed by atoms with van der Waals surface area (Å²) in [7, 11) is 0. The van der Waals surface area contributed by atoms with Crippen LogP contribution in [0.15, 0.2) is 86.8 Å². The van der Waals surface area contributed by atoms with Crippen LogP contribution in [-0.2, 0) is 6.54 Å². The maximum absolute atomic E-state index is 12.1. The third-order valence-corrected chi connectivity index (χ3v) is 5.51. The highest BCUT2D eigenvalue weighted by Gasteiger charge is 2.06. The summed E-state index contributed by atoms with van der Waals surface area (Å²) in [5.74, 6) is 0. The standard InChI is InChI=1S/C19H15N3OS2/c23-18-12-14(21-19-22(18)10-11-24-19)13-20-16-8-4-5-9-17(16)25-15-6-2-1-3-7-15/h1-12,20H,13H2. The second-order valence-electron chi connectivity index (χ2n) is 5.41. The minimum Gasteiger partial charge on any atom is -0.378 e. The van der Waals surface area contributed by atoms with E-state index in [9.17, 15) is 4.79 Å². The molecular formula is C19H15N3OS2. The lowest BCUT2D eigenvalue weighted by atomic mass is 10.3. The van der Waals surface area contributed by atoms with Gasteiger partial charge in [0.1, 0.15) is 0 Å². The minimum atomic E-state index is -0.0463. The summed E-state index contributed by atoms with van der Waals surface area (Å²) < 4.78 is 1.56. The quantitative estimate of drug-likeness (QED) is 0.565. The van der Waals surface area contributed by atoms with E-state index in [1.807, 2.05) is 41.8 Å². The number of rotatable bonds is 5. The van der Waals surface area contributed by atoms with E-state index in [1.54, 1.807) is 28.4 Å². The molecule has 2 heterocycles. The topological polar surface area (TPSA) is 46.4 Å². The van der Waals surface area contributed by atoms with Crippen molar-refractivity contribution in [1.29, 1.82) is 0 Å². The van der Waals surface area contributed by atoms with Crippen molar-refractivity contribution >= 4 is 33.7 Å². The lowest BCUT2D eigenvalue weighted by molar-refractivity contribution is 0.986. The van der Waals surface area contributed by atoms with Crippen LogP contribution in [0.4, 0.5) is 5.69 Å². The van der Waals surface area contributed by atoms with Crippen molar-refractivity contribution in [2.75, 3.05) is 5.32 Å². The number of hydrogen-bond acceptors (Lipinski definition) is 5. The molecule has 0 radical (unpaired) electrons. The van der Waals surface area contributed by atoms with E-state index in [0.29, 0.717) is 6.54 Å². The van der Waals surface area contributed by atoms with Crippen LogP contribution >= 0.6 is 23.1 Å². The molecule has 6 heteroatoms. The Hall–Kier alpha value is -2.57. The van der Waals surface area contributed by atoms with Crippen LogP contribution in [-0.4, -0.2) is 9.38 Å². The fourth-order valence-electron chi connectivity index (χ4n) is 2.48. The zero-order valence-corrected chi connectivity index (χ0v) is 14.9. The summed E-state index contributed by atoms with van der Waals surface area (Å²) in [6, 6.07) is 20.0. The number of thiazole rings is 1. The highest BCUT2D eigenvalue weighted by molar-refractivity contribution is 7.99. The predicted octanol–water partition coefficient (Wildman–Crippen LogP) is 4.52. The molecule has 25 heavy (non-hydrogen) atoms. The molecule has 0 unspecified atom stereocenters. The molecule has 0 aliphatic rings. The number of benzene rings is 2. The number of nitrogens with one attached hydrogen (secondary N) is 1. The molecule has 0 spiro atoms. The van der Waals surface area contributed by atoms with Crippen molar-refractivity contribution < 1.29 is 0 Å². The van der Waals surface area contributed by atoms with Gasteiger partial charge in [0.2, 0.25) is 0 Å². The molecule has 1 N–H and O–H groups in total. The Bertz CT molecular complexity index is 1060. The first kappa shape index (κ1) is 15.9. The molecule has 0 aliphatic heterocycles. The molecule has 0 fully saturated rings. The fourth-order valence-corrected chi connectivity index (χ4v) is 4.16. The number of nitrogens with zero attached hydrogens (tertiary/aromatic N) is 2. The molecule has 0 saturated heterocycles. The Morgan fingerprint density at radius 3 is 2.76 bits per heavy atom. The molecule has 4 aromatic rings. The zero-order valence-electron chi connectivity index (χ0n) is 13.3. The van der Waals surface area contributed by atoms with E-state index < -0.39 is 0 Å². The Kier molecular flexibility index (Phi) is 4.54. The Balaban J connectivity index is 1.55. The summed E-state index contributed by atoms with van der Waals surface area (Å²) in [4.78, 5) is 19.7. The maximum atomic E-state index is 12.1. The van der Waals surface area contributed by atoms with Crippen LogP contribution in [0.3, 0.4) is 0 Å². The van der Waals surface area contributed by atoms with Crippen LogP contribution in [0.5, 0.6) is 0 Å². The summed E-state index contributed by atoms with van der Waals surface area (Å²) in [6.07, 6.45) is 1.75. The lowest BCUT2D eigenvalue weighted by Gasteiger charge is -2.11. The van der Waals surface area contributed by atoms with Gasteiger partial charge in [0.05, 0.1) is 12.2 Å². The summed E-state index contributed by atoms with van der Waals surface area (Å²) >= 11 is 3.17. The second-order valence-corrected chi connectivity index (χ2v) is 7.39. The Morgan fingerprint density at radius 1 is 1.08 bits per heavy atom. The molecule has 0 aliphatic carbocycles. The van der Waals surface area contributed by atoms with E-state index in [4.69, 9.17) is 0 Å². The second kappa shape index (κ2) is 7.13. The minimum absolute atomic E-state index is 0.0463. The first-order valence-electron chi connectivity index (χ1n) is 7.81. The normalized spacial score (nSPS) is 10.9. The first-order chi connectivity index (χ1) is 12.3. The van der Waals surface area contributed by atoms with E-state index in [-0.39, 0.29) is 5.56 Å². The average molecular weight is 365 g/mol.